The largest absolute Gasteiger partial charge is 0.479 e. The zero-order valence-corrected chi connectivity index (χ0v) is 16.0. The topological polar surface area (TPSA) is 76.5 Å². The van der Waals surface area contributed by atoms with Gasteiger partial charge in [0, 0.05) is 31.5 Å². The van der Waals surface area contributed by atoms with Crippen LogP contribution in [-0.4, -0.2) is 47.2 Å². The summed E-state index contributed by atoms with van der Waals surface area (Å²) in [6, 6.07) is 17.4. The third-order valence-electron chi connectivity index (χ3n) is 4.23. The lowest BCUT2D eigenvalue weighted by Crippen LogP contribution is -2.35. The SMILES string of the molecule is COc1nn(C)cc1C(=O)N(C)CC(=O)Nc1ccccc1-c1ccccc1. The molecule has 1 heterocycles. The molecule has 2 amide bonds. The highest BCUT2D eigenvalue weighted by atomic mass is 16.5. The van der Waals surface area contributed by atoms with Crippen molar-refractivity contribution >= 4 is 17.5 Å². The number of rotatable bonds is 6. The third kappa shape index (κ3) is 4.20. The summed E-state index contributed by atoms with van der Waals surface area (Å²) in [5.41, 5.74) is 2.92. The van der Waals surface area contributed by atoms with Crippen molar-refractivity contribution in [2.24, 2.45) is 7.05 Å². The maximum Gasteiger partial charge on any atom is 0.261 e. The number of aryl methyl sites for hydroxylation is 1. The van der Waals surface area contributed by atoms with E-state index in [-0.39, 0.29) is 24.2 Å². The molecule has 0 fully saturated rings. The summed E-state index contributed by atoms with van der Waals surface area (Å²) in [7, 11) is 4.72. The first-order valence-corrected chi connectivity index (χ1v) is 8.77. The van der Waals surface area contributed by atoms with Gasteiger partial charge in [-0.25, -0.2) is 0 Å². The first kappa shape index (κ1) is 19.2. The van der Waals surface area contributed by atoms with Crippen LogP contribution >= 0.6 is 0 Å². The molecule has 0 aliphatic heterocycles. The Balaban J connectivity index is 1.72. The van der Waals surface area contributed by atoms with Crippen LogP contribution in [0.1, 0.15) is 10.4 Å². The van der Waals surface area contributed by atoms with Gasteiger partial charge in [0.15, 0.2) is 0 Å². The Hall–Kier alpha value is -3.61. The number of ether oxygens (including phenoxy) is 1. The van der Waals surface area contributed by atoms with Crippen molar-refractivity contribution in [3.63, 3.8) is 0 Å². The molecule has 1 N–H and O–H groups in total. The van der Waals surface area contributed by atoms with E-state index in [1.807, 2.05) is 54.6 Å². The summed E-state index contributed by atoms with van der Waals surface area (Å²) >= 11 is 0. The second-order valence-corrected chi connectivity index (χ2v) is 6.35. The Kier molecular flexibility index (Phi) is 5.74. The van der Waals surface area contributed by atoms with Crippen LogP contribution in [0.3, 0.4) is 0 Å². The van der Waals surface area contributed by atoms with E-state index >= 15 is 0 Å². The standard InChI is InChI=1S/C21H22N4O3/c1-24(21(27)17-13-25(2)23-20(17)28-3)14-19(26)22-18-12-8-7-11-16(18)15-9-5-4-6-10-15/h4-13H,14H2,1-3H3,(H,22,26). The van der Waals surface area contributed by atoms with Gasteiger partial charge in [-0.15, -0.1) is 5.10 Å². The van der Waals surface area contributed by atoms with Gasteiger partial charge in [0.05, 0.1) is 13.7 Å². The quantitative estimate of drug-likeness (QED) is 0.716. The van der Waals surface area contributed by atoms with E-state index in [1.54, 1.807) is 20.3 Å². The van der Waals surface area contributed by atoms with E-state index in [1.165, 1.54) is 16.7 Å². The first-order valence-electron chi connectivity index (χ1n) is 8.77. The number of carbonyl (C=O) groups excluding carboxylic acids is 2. The van der Waals surface area contributed by atoms with Gasteiger partial charge in [0.1, 0.15) is 5.56 Å². The van der Waals surface area contributed by atoms with Crippen molar-refractivity contribution < 1.29 is 14.3 Å². The number of likely N-dealkylation sites (N-methyl/N-ethyl adjacent to an activating group) is 1. The molecule has 7 heteroatoms. The molecule has 3 rings (SSSR count). The smallest absolute Gasteiger partial charge is 0.261 e. The average molecular weight is 378 g/mol. The van der Waals surface area contributed by atoms with Crippen LogP contribution in [0.4, 0.5) is 5.69 Å². The Morgan fingerprint density at radius 2 is 1.79 bits per heavy atom. The van der Waals surface area contributed by atoms with Crippen molar-refractivity contribution in [3.8, 4) is 17.0 Å². The molecule has 1 aromatic heterocycles. The molecule has 28 heavy (non-hydrogen) atoms. The molecule has 0 aliphatic rings. The Morgan fingerprint density at radius 1 is 1.11 bits per heavy atom. The molecular weight excluding hydrogens is 356 g/mol. The van der Waals surface area contributed by atoms with Crippen LogP contribution in [-0.2, 0) is 11.8 Å². The minimum Gasteiger partial charge on any atom is -0.479 e. The fourth-order valence-corrected chi connectivity index (χ4v) is 2.91. The number of methoxy groups -OCH3 is 1. The number of amides is 2. The van der Waals surface area contributed by atoms with Crippen LogP contribution in [0.15, 0.2) is 60.8 Å². The van der Waals surface area contributed by atoms with Crippen LogP contribution in [0, 0.1) is 0 Å². The van der Waals surface area contributed by atoms with Gasteiger partial charge in [0.25, 0.3) is 5.91 Å². The normalized spacial score (nSPS) is 10.4. The summed E-state index contributed by atoms with van der Waals surface area (Å²) in [4.78, 5) is 26.5. The maximum atomic E-state index is 12.6. The Labute approximate surface area is 163 Å². The lowest BCUT2D eigenvalue weighted by Gasteiger charge is -2.17. The van der Waals surface area contributed by atoms with Gasteiger partial charge in [-0.05, 0) is 11.6 Å². The maximum absolute atomic E-state index is 12.6. The monoisotopic (exact) mass is 378 g/mol. The second-order valence-electron chi connectivity index (χ2n) is 6.35. The van der Waals surface area contributed by atoms with Crippen LogP contribution < -0.4 is 10.1 Å². The molecule has 0 saturated heterocycles. The average Bonchev–Trinajstić information content (AvgIpc) is 3.09. The summed E-state index contributed by atoms with van der Waals surface area (Å²) in [5, 5.41) is 6.97. The highest BCUT2D eigenvalue weighted by Crippen LogP contribution is 2.27. The van der Waals surface area contributed by atoms with Crippen LogP contribution in [0.25, 0.3) is 11.1 Å². The van der Waals surface area contributed by atoms with Crippen LogP contribution in [0.2, 0.25) is 0 Å². The number of carbonyl (C=O) groups is 2. The molecule has 0 atom stereocenters. The van der Waals surface area contributed by atoms with Gasteiger partial charge in [-0.3, -0.25) is 14.3 Å². The van der Waals surface area contributed by atoms with Crippen molar-refractivity contribution in [1.29, 1.82) is 0 Å². The van der Waals surface area contributed by atoms with Crippen molar-refractivity contribution in [2.75, 3.05) is 26.0 Å². The van der Waals surface area contributed by atoms with E-state index < -0.39 is 0 Å². The molecule has 0 spiro atoms. The molecule has 2 aromatic carbocycles. The van der Waals surface area contributed by atoms with Crippen molar-refractivity contribution in [3.05, 3.63) is 66.4 Å². The van der Waals surface area contributed by atoms with E-state index in [4.69, 9.17) is 4.74 Å². The molecule has 0 bridgehead atoms. The predicted molar refractivity (Wildman–Crippen MR) is 107 cm³/mol. The number of hydrogen-bond acceptors (Lipinski definition) is 4. The fourth-order valence-electron chi connectivity index (χ4n) is 2.91. The number of para-hydroxylation sites is 1. The number of nitrogens with one attached hydrogen (secondary N) is 1. The minimum atomic E-state index is -0.337. The minimum absolute atomic E-state index is 0.0972. The molecule has 7 nitrogen and oxygen atoms in total. The Morgan fingerprint density at radius 3 is 2.50 bits per heavy atom. The number of benzene rings is 2. The number of anilines is 1. The molecule has 3 aromatic rings. The van der Waals surface area contributed by atoms with Gasteiger partial charge >= 0.3 is 0 Å². The number of nitrogens with zero attached hydrogens (tertiary/aromatic N) is 3. The molecule has 0 aliphatic carbocycles. The first-order chi connectivity index (χ1) is 13.5. The number of aromatic nitrogens is 2. The van der Waals surface area contributed by atoms with Gasteiger partial charge in [-0.1, -0.05) is 48.5 Å². The predicted octanol–water partition coefficient (Wildman–Crippen LogP) is 2.81. The van der Waals surface area contributed by atoms with E-state index in [2.05, 4.69) is 10.4 Å². The zero-order valence-electron chi connectivity index (χ0n) is 16.0. The summed E-state index contributed by atoms with van der Waals surface area (Å²) in [6.07, 6.45) is 1.57. The van der Waals surface area contributed by atoms with Crippen LogP contribution in [0.5, 0.6) is 5.88 Å². The number of hydrogen-bond donors (Lipinski definition) is 1. The molecule has 144 valence electrons. The summed E-state index contributed by atoms with van der Waals surface area (Å²) in [6.45, 7) is -0.0972. The lowest BCUT2D eigenvalue weighted by atomic mass is 10.0. The Bertz CT molecular complexity index is 982. The highest BCUT2D eigenvalue weighted by molar-refractivity contribution is 6.01. The van der Waals surface area contributed by atoms with E-state index in [0.717, 1.165) is 11.1 Å². The van der Waals surface area contributed by atoms with Crippen molar-refractivity contribution in [2.45, 2.75) is 0 Å². The molecular formula is C21H22N4O3. The summed E-state index contributed by atoms with van der Waals surface area (Å²) in [5.74, 6) is -0.396. The van der Waals surface area contributed by atoms with Gasteiger partial charge in [-0.2, -0.15) is 0 Å². The lowest BCUT2D eigenvalue weighted by molar-refractivity contribution is -0.116. The molecule has 0 saturated carbocycles. The van der Waals surface area contributed by atoms with Gasteiger partial charge in [0.2, 0.25) is 11.8 Å². The fraction of sp³-hybridized carbons (Fsp3) is 0.190. The molecule has 0 radical (unpaired) electrons. The highest BCUT2D eigenvalue weighted by Gasteiger charge is 2.22. The van der Waals surface area contributed by atoms with E-state index in [9.17, 15) is 9.59 Å². The molecule has 0 unspecified atom stereocenters. The van der Waals surface area contributed by atoms with E-state index in [0.29, 0.717) is 11.3 Å². The third-order valence-corrected chi connectivity index (χ3v) is 4.23. The zero-order chi connectivity index (χ0) is 20.1. The summed E-state index contributed by atoms with van der Waals surface area (Å²) < 4.78 is 6.62. The van der Waals surface area contributed by atoms with Gasteiger partial charge < -0.3 is 15.0 Å². The second kappa shape index (κ2) is 8.39. The van der Waals surface area contributed by atoms with Crippen molar-refractivity contribution in [1.82, 2.24) is 14.7 Å².